The van der Waals surface area contributed by atoms with Crippen molar-refractivity contribution < 1.29 is 15.0 Å². The Hall–Kier alpha value is -1.09. The van der Waals surface area contributed by atoms with Crippen LogP contribution >= 0.6 is 0 Å². The molecule has 178 valence electrons. The Bertz CT molecular complexity index is 885. The van der Waals surface area contributed by atoms with E-state index in [0.717, 1.165) is 51.4 Å². The molecule has 1 unspecified atom stereocenters. The molecule has 8 atom stereocenters. The number of hydrogen-bond donors (Lipinski definition) is 2. The van der Waals surface area contributed by atoms with Crippen LogP contribution in [0.1, 0.15) is 98.8 Å². The lowest BCUT2D eigenvalue weighted by molar-refractivity contribution is -0.203. The van der Waals surface area contributed by atoms with Gasteiger partial charge in [-0.3, -0.25) is 4.79 Å². The van der Waals surface area contributed by atoms with Crippen molar-refractivity contribution in [1.82, 2.24) is 0 Å². The molecule has 3 heteroatoms. The average molecular weight is 441 g/mol. The molecular formula is C29H44O3. The Morgan fingerprint density at radius 1 is 1.00 bits per heavy atom. The van der Waals surface area contributed by atoms with Crippen LogP contribution in [0.15, 0.2) is 23.8 Å². The van der Waals surface area contributed by atoms with Crippen LogP contribution in [-0.2, 0) is 4.79 Å². The Morgan fingerprint density at radius 3 is 2.41 bits per heavy atom. The summed E-state index contributed by atoms with van der Waals surface area (Å²) < 4.78 is 0. The highest BCUT2D eigenvalue weighted by Crippen LogP contribution is 2.75. The van der Waals surface area contributed by atoms with Gasteiger partial charge in [0.2, 0.25) is 0 Å². The van der Waals surface area contributed by atoms with Crippen LogP contribution in [-0.4, -0.2) is 22.3 Å². The molecule has 0 spiro atoms. The fourth-order valence-corrected chi connectivity index (χ4v) is 10.2. The van der Waals surface area contributed by atoms with Crippen LogP contribution in [0.25, 0.3) is 0 Å². The maximum Gasteiger partial charge on any atom is 0.310 e. The largest absolute Gasteiger partial charge is 0.481 e. The van der Waals surface area contributed by atoms with Crippen molar-refractivity contribution in [2.75, 3.05) is 0 Å². The summed E-state index contributed by atoms with van der Waals surface area (Å²) in [6, 6.07) is 0. The molecule has 0 radical (unpaired) electrons. The Balaban J connectivity index is 1.60. The van der Waals surface area contributed by atoms with E-state index in [9.17, 15) is 15.0 Å². The van der Waals surface area contributed by atoms with E-state index in [1.807, 2.05) is 0 Å². The molecular weight excluding hydrogens is 396 g/mol. The molecule has 3 nitrogen and oxygen atoms in total. The molecule has 5 aliphatic carbocycles. The maximum absolute atomic E-state index is 12.6. The first-order valence-electron chi connectivity index (χ1n) is 13.1. The highest BCUT2D eigenvalue weighted by atomic mass is 16.4. The lowest BCUT2D eigenvalue weighted by Crippen LogP contribution is -2.64. The summed E-state index contributed by atoms with van der Waals surface area (Å²) in [6.45, 7) is 16.5. The summed E-state index contributed by atoms with van der Waals surface area (Å²) in [5.41, 5.74) is 2.55. The summed E-state index contributed by atoms with van der Waals surface area (Å²) in [4.78, 5) is 12.6. The number of carbonyl (C=O) groups is 1. The molecule has 0 heterocycles. The predicted octanol–water partition coefficient (Wildman–Crippen LogP) is 6.76. The second-order valence-electron chi connectivity index (χ2n) is 13.6. The maximum atomic E-state index is 12.6. The third-order valence-corrected chi connectivity index (χ3v) is 12.5. The molecule has 0 saturated heterocycles. The average Bonchev–Trinajstić information content (AvgIpc) is 2.71. The van der Waals surface area contributed by atoms with E-state index in [2.05, 4.69) is 47.3 Å². The minimum Gasteiger partial charge on any atom is -0.481 e. The monoisotopic (exact) mass is 440 g/mol. The molecule has 0 aromatic carbocycles. The van der Waals surface area contributed by atoms with Gasteiger partial charge in [-0.25, -0.2) is 0 Å². The fourth-order valence-electron chi connectivity index (χ4n) is 10.2. The van der Waals surface area contributed by atoms with Gasteiger partial charge in [0, 0.05) is 5.92 Å². The van der Waals surface area contributed by atoms with Gasteiger partial charge in [-0.1, -0.05) is 58.4 Å². The van der Waals surface area contributed by atoms with E-state index in [0.29, 0.717) is 11.8 Å². The van der Waals surface area contributed by atoms with Crippen molar-refractivity contribution in [2.45, 2.75) is 105 Å². The van der Waals surface area contributed by atoms with Gasteiger partial charge in [0.15, 0.2) is 0 Å². The quantitative estimate of drug-likeness (QED) is 0.443. The van der Waals surface area contributed by atoms with E-state index in [1.54, 1.807) is 0 Å². The number of rotatable bonds is 1. The normalized spacial score (nSPS) is 52.1. The number of hydrogen-bond acceptors (Lipinski definition) is 2. The molecule has 0 aliphatic heterocycles. The highest BCUT2D eigenvalue weighted by molar-refractivity contribution is 5.77. The smallest absolute Gasteiger partial charge is 0.310 e. The van der Waals surface area contributed by atoms with E-state index in [1.165, 1.54) is 24.0 Å². The second-order valence-corrected chi connectivity index (χ2v) is 13.6. The van der Waals surface area contributed by atoms with Crippen molar-refractivity contribution in [1.29, 1.82) is 0 Å². The first kappa shape index (κ1) is 22.7. The summed E-state index contributed by atoms with van der Waals surface area (Å²) in [7, 11) is 0. The summed E-state index contributed by atoms with van der Waals surface area (Å²) in [6.07, 6.45) is 12.0. The standard InChI is InChI=1S/C29H44O3/c1-18-9-14-29(24(31)32)16-15-27(5)19(20(29)17-18)7-8-22-26(4)12-11-23(30)25(2,3)21(26)10-13-28(22,27)6/h7,20-23,30H,1,8-17H2,2-6H3,(H,31,32)/t20-,21-,22?,23+,26+,27-,28-,29-/m0/s1. The zero-order valence-corrected chi connectivity index (χ0v) is 21.0. The summed E-state index contributed by atoms with van der Waals surface area (Å²) in [5.74, 6) is 0.682. The van der Waals surface area contributed by atoms with Crippen molar-refractivity contribution >= 4 is 5.97 Å². The van der Waals surface area contributed by atoms with Gasteiger partial charge in [-0.05, 0) is 97.7 Å². The van der Waals surface area contributed by atoms with Gasteiger partial charge < -0.3 is 10.2 Å². The van der Waals surface area contributed by atoms with Crippen molar-refractivity contribution in [3.63, 3.8) is 0 Å². The Labute approximate surface area is 194 Å². The number of aliphatic hydroxyl groups is 1. The molecule has 5 rings (SSSR count). The SMILES string of the molecule is C=C1CC[C@]2(C(=O)O)CC[C@@]3(C)C(=CCC4[C@]5(C)CC[C@@H](O)C(C)(C)[C@@H]5CC[C@@]43C)[C@@H]2C1. The number of carboxylic acids is 1. The van der Waals surface area contributed by atoms with Gasteiger partial charge in [-0.2, -0.15) is 0 Å². The van der Waals surface area contributed by atoms with Gasteiger partial charge in [0.05, 0.1) is 11.5 Å². The molecule has 0 bridgehead atoms. The van der Waals surface area contributed by atoms with Crippen LogP contribution < -0.4 is 0 Å². The fraction of sp³-hybridized carbons (Fsp3) is 0.828. The molecule has 0 aromatic rings. The van der Waals surface area contributed by atoms with Gasteiger partial charge in [0.25, 0.3) is 0 Å². The van der Waals surface area contributed by atoms with Crippen LogP contribution in [0.3, 0.4) is 0 Å². The van der Waals surface area contributed by atoms with Crippen molar-refractivity contribution in [3.05, 3.63) is 23.8 Å². The zero-order valence-electron chi connectivity index (χ0n) is 21.0. The number of fused-ring (bicyclic) bond motifs is 7. The van der Waals surface area contributed by atoms with E-state index in [4.69, 9.17) is 0 Å². The third-order valence-electron chi connectivity index (χ3n) is 12.5. The lowest BCUT2D eigenvalue weighted by atomic mass is 9.34. The minimum absolute atomic E-state index is 0.0363. The first-order valence-corrected chi connectivity index (χ1v) is 13.1. The molecule has 4 fully saturated rings. The van der Waals surface area contributed by atoms with E-state index in [-0.39, 0.29) is 33.7 Å². The molecule has 5 aliphatic rings. The summed E-state index contributed by atoms with van der Waals surface area (Å²) in [5, 5.41) is 21.2. The molecule has 0 amide bonds. The van der Waals surface area contributed by atoms with Gasteiger partial charge in [0.1, 0.15) is 0 Å². The number of aliphatic carboxylic acids is 1. The Morgan fingerprint density at radius 2 is 1.72 bits per heavy atom. The third kappa shape index (κ3) is 2.55. The van der Waals surface area contributed by atoms with Crippen molar-refractivity contribution in [3.8, 4) is 0 Å². The Kier molecular flexibility index (Phi) is 4.78. The van der Waals surface area contributed by atoms with E-state index < -0.39 is 11.4 Å². The predicted molar refractivity (Wildman–Crippen MR) is 128 cm³/mol. The number of aliphatic hydroxyl groups excluding tert-OH is 1. The van der Waals surface area contributed by atoms with Crippen LogP contribution in [0, 0.1) is 44.8 Å². The number of allylic oxidation sites excluding steroid dienone is 3. The van der Waals surface area contributed by atoms with Crippen molar-refractivity contribution in [2.24, 2.45) is 44.8 Å². The van der Waals surface area contributed by atoms with E-state index >= 15 is 0 Å². The molecule has 32 heavy (non-hydrogen) atoms. The van der Waals surface area contributed by atoms with Crippen LogP contribution in [0.5, 0.6) is 0 Å². The van der Waals surface area contributed by atoms with Crippen LogP contribution in [0.2, 0.25) is 0 Å². The zero-order chi connectivity index (χ0) is 23.3. The highest BCUT2D eigenvalue weighted by Gasteiger charge is 2.68. The van der Waals surface area contributed by atoms with Crippen LogP contribution in [0.4, 0.5) is 0 Å². The summed E-state index contributed by atoms with van der Waals surface area (Å²) >= 11 is 0. The minimum atomic E-state index is -0.590. The topological polar surface area (TPSA) is 57.5 Å². The molecule has 2 N–H and O–H groups in total. The first-order chi connectivity index (χ1) is 14.8. The van der Waals surface area contributed by atoms with Gasteiger partial charge >= 0.3 is 5.97 Å². The lowest BCUT2D eigenvalue weighted by Gasteiger charge is -2.70. The molecule has 0 aromatic heterocycles. The second kappa shape index (κ2) is 6.74. The molecule has 4 saturated carbocycles. The number of carboxylic acid groups (broad SMARTS) is 1. The van der Waals surface area contributed by atoms with Gasteiger partial charge in [-0.15, -0.1) is 0 Å².